The molecule has 2 aromatic rings. The fraction of sp³-hybridized carbons (Fsp3) is 0.333. The molecule has 3 rings (SSSR count). The second kappa shape index (κ2) is 7.61. The van der Waals surface area contributed by atoms with E-state index < -0.39 is 0 Å². The molecule has 1 aromatic carbocycles. The molecule has 0 unspecified atom stereocenters. The molecule has 0 atom stereocenters. The van der Waals surface area contributed by atoms with Crippen molar-refractivity contribution in [1.82, 2.24) is 10.5 Å². The van der Waals surface area contributed by atoms with Crippen molar-refractivity contribution in [3.05, 3.63) is 53.2 Å². The molecule has 1 aliphatic heterocycles. The molecule has 118 valence electrons. The number of nitrogens with zero attached hydrogens (tertiary/aromatic N) is 2. The van der Waals surface area contributed by atoms with E-state index in [1.165, 1.54) is 18.4 Å². The maximum Gasteiger partial charge on any atom is 0.144 e. The van der Waals surface area contributed by atoms with Crippen LogP contribution in [0.25, 0.3) is 0 Å². The standard InChI is InChI=1S/C18H21N5/c19-13-16-9-10-17-12-15(16)7-4-2-1-3-6-14-8-5-11-20-18(14)22-23-21-17/h5,8-12,21,23H,1-4,6-7H2,(H,20,22). The lowest BCUT2D eigenvalue weighted by Gasteiger charge is -2.15. The third-order valence-corrected chi connectivity index (χ3v) is 4.15. The van der Waals surface area contributed by atoms with E-state index in [2.05, 4.69) is 33.5 Å². The van der Waals surface area contributed by atoms with Crippen molar-refractivity contribution < 1.29 is 0 Å². The zero-order valence-corrected chi connectivity index (χ0v) is 13.1. The van der Waals surface area contributed by atoms with Gasteiger partial charge < -0.3 is 5.43 Å². The lowest BCUT2D eigenvalue weighted by atomic mass is 10.00. The minimum Gasteiger partial charge on any atom is -0.304 e. The number of rotatable bonds is 0. The molecule has 0 spiro atoms. The van der Waals surface area contributed by atoms with Crippen LogP contribution in [-0.2, 0) is 12.8 Å². The van der Waals surface area contributed by atoms with E-state index in [0.717, 1.165) is 48.3 Å². The molecule has 1 aliphatic rings. The average molecular weight is 307 g/mol. The molecule has 5 nitrogen and oxygen atoms in total. The van der Waals surface area contributed by atoms with Crippen LogP contribution in [0.2, 0.25) is 0 Å². The van der Waals surface area contributed by atoms with Crippen LogP contribution in [0.3, 0.4) is 0 Å². The first-order valence-electron chi connectivity index (χ1n) is 8.11. The highest BCUT2D eigenvalue weighted by atomic mass is 15.6. The predicted molar refractivity (Wildman–Crippen MR) is 91.7 cm³/mol. The second-order valence-corrected chi connectivity index (χ2v) is 5.78. The Morgan fingerprint density at radius 3 is 2.61 bits per heavy atom. The van der Waals surface area contributed by atoms with Crippen LogP contribution >= 0.6 is 0 Å². The van der Waals surface area contributed by atoms with E-state index in [9.17, 15) is 5.26 Å². The van der Waals surface area contributed by atoms with Gasteiger partial charge in [0.05, 0.1) is 17.3 Å². The van der Waals surface area contributed by atoms with Gasteiger partial charge in [0.15, 0.2) is 0 Å². The molecule has 1 aromatic heterocycles. The molecule has 0 radical (unpaired) electrons. The van der Waals surface area contributed by atoms with Crippen LogP contribution in [0.4, 0.5) is 11.5 Å². The summed E-state index contributed by atoms with van der Waals surface area (Å²) in [4.78, 5) is 4.39. The van der Waals surface area contributed by atoms with E-state index in [1.54, 1.807) is 6.20 Å². The van der Waals surface area contributed by atoms with Crippen LogP contribution in [0.15, 0.2) is 36.5 Å². The van der Waals surface area contributed by atoms with Gasteiger partial charge >= 0.3 is 0 Å². The normalized spacial score (nSPS) is 15.3. The summed E-state index contributed by atoms with van der Waals surface area (Å²) in [5, 5.41) is 9.24. The number of hydrogen-bond acceptors (Lipinski definition) is 5. The largest absolute Gasteiger partial charge is 0.304 e. The SMILES string of the molecule is N#Cc1ccc2cc1CCCCCCc1cccnc1NNN2. The summed E-state index contributed by atoms with van der Waals surface area (Å²) < 4.78 is 0. The summed E-state index contributed by atoms with van der Waals surface area (Å²) >= 11 is 0. The number of hydrazine groups is 2. The first kappa shape index (κ1) is 15.3. The average Bonchev–Trinajstić information content (AvgIpc) is 2.59. The highest BCUT2D eigenvalue weighted by molar-refractivity contribution is 5.52. The smallest absolute Gasteiger partial charge is 0.144 e. The lowest BCUT2D eigenvalue weighted by molar-refractivity contribution is 0.639. The summed E-state index contributed by atoms with van der Waals surface area (Å²) in [6.45, 7) is 0. The molecular weight excluding hydrogens is 286 g/mol. The van der Waals surface area contributed by atoms with Gasteiger partial charge in [-0.2, -0.15) is 5.26 Å². The van der Waals surface area contributed by atoms with E-state index in [-0.39, 0.29) is 0 Å². The molecule has 2 bridgehead atoms. The quantitative estimate of drug-likeness (QED) is 0.694. The number of aryl methyl sites for hydroxylation is 2. The number of aromatic nitrogens is 1. The summed E-state index contributed by atoms with van der Waals surface area (Å²) in [6.07, 6.45) is 8.40. The fourth-order valence-corrected chi connectivity index (χ4v) is 2.89. The Morgan fingerprint density at radius 2 is 1.78 bits per heavy atom. The van der Waals surface area contributed by atoms with Crippen molar-refractivity contribution in [2.75, 3.05) is 10.9 Å². The molecular formula is C18H21N5. The third-order valence-electron chi connectivity index (χ3n) is 4.15. The second-order valence-electron chi connectivity index (χ2n) is 5.78. The van der Waals surface area contributed by atoms with Crippen LogP contribution in [0.5, 0.6) is 0 Å². The highest BCUT2D eigenvalue weighted by Crippen LogP contribution is 2.20. The van der Waals surface area contributed by atoms with Gasteiger partial charge in [0, 0.05) is 6.20 Å². The number of pyridine rings is 1. The first-order chi connectivity index (χ1) is 11.4. The topological polar surface area (TPSA) is 72.8 Å². The Kier molecular flexibility index (Phi) is 5.07. The minimum absolute atomic E-state index is 0.766. The summed E-state index contributed by atoms with van der Waals surface area (Å²) in [7, 11) is 0. The zero-order chi connectivity index (χ0) is 15.9. The maximum atomic E-state index is 9.24. The van der Waals surface area contributed by atoms with E-state index in [1.807, 2.05) is 24.3 Å². The van der Waals surface area contributed by atoms with Gasteiger partial charge in [-0.15, -0.1) is 5.53 Å². The third kappa shape index (κ3) is 3.99. The number of nitriles is 1. The van der Waals surface area contributed by atoms with Crippen molar-refractivity contribution in [3.8, 4) is 6.07 Å². The summed E-state index contributed by atoms with van der Waals surface area (Å²) in [5.74, 6) is 0.853. The number of benzene rings is 1. The van der Waals surface area contributed by atoms with Crippen molar-refractivity contribution >= 4 is 11.5 Å². The molecule has 0 aliphatic carbocycles. The number of fused-ring (bicyclic) bond motifs is 3. The van der Waals surface area contributed by atoms with Gasteiger partial charge in [0.25, 0.3) is 0 Å². The zero-order valence-electron chi connectivity index (χ0n) is 13.1. The van der Waals surface area contributed by atoms with E-state index >= 15 is 0 Å². The lowest BCUT2D eigenvalue weighted by Crippen LogP contribution is -2.29. The van der Waals surface area contributed by atoms with Crippen molar-refractivity contribution in [3.63, 3.8) is 0 Å². The van der Waals surface area contributed by atoms with Crippen molar-refractivity contribution in [2.45, 2.75) is 38.5 Å². The van der Waals surface area contributed by atoms with Gasteiger partial charge in [-0.25, -0.2) is 4.98 Å². The predicted octanol–water partition coefficient (Wildman–Crippen LogP) is 3.56. The Balaban J connectivity index is 1.80. The summed E-state index contributed by atoms with van der Waals surface area (Å²) in [6, 6.07) is 12.2. The number of nitrogens with one attached hydrogen (secondary N) is 3. The summed E-state index contributed by atoms with van der Waals surface area (Å²) in [5.41, 5.74) is 13.3. The molecule has 5 heteroatoms. The van der Waals surface area contributed by atoms with E-state index in [4.69, 9.17) is 0 Å². The van der Waals surface area contributed by atoms with Crippen LogP contribution in [0.1, 0.15) is 42.4 Å². The fourth-order valence-electron chi connectivity index (χ4n) is 2.89. The maximum absolute atomic E-state index is 9.24. The Morgan fingerprint density at radius 1 is 0.957 bits per heavy atom. The molecule has 0 fully saturated rings. The number of anilines is 2. The highest BCUT2D eigenvalue weighted by Gasteiger charge is 2.07. The number of hydrogen-bond donors (Lipinski definition) is 3. The Hall–Kier alpha value is -2.58. The molecule has 3 N–H and O–H groups in total. The van der Waals surface area contributed by atoms with Crippen LogP contribution in [-0.4, -0.2) is 4.98 Å². The van der Waals surface area contributed by atoms with Gasteiger partial charge in [0.2, 0.25) is 0 Å². The van der Waals surface area contributed by atoms with Gasteiger partial charge in [-0.1, -0.05) is 18.9 Å². The molecule has 2 heterocycles. The minimum atomic E-state index is 0.766. The van der Waals surface area contributed by atoms with Gasteiger partial charge in [0.1, 0.15) is 5.82 Å². The molecule has 0 saturated carbocycles. The van der Waals surface area contributed by atoms with Gasteiger partial charge in [-0.3, -0.25) is 5.43 Å². The molecule has 0 saturated heterocycles. The Bertz CT molecular complexity index is 705. The Labute approximate surface area is 136 Å². The monoisotopic (exact) mass is 307 g/mol. The van der Waals surface area contributed by atoms with Crippen molar-refractivity contribution in [2.24, 2.45) is 0 Å². The molecule has 0 amide bonds. The van der Waals surface area contributed by atoms with Crippen LogP contribution < -0.4 is 16.4 Å². The molecule has 23 heavy (non-hydrogen) atoms. The van der Waals surface area contributed by atoms with Crippen molar-refractivity contribution in [1.29, 1.82) is 5.26 Å². The van der Waals surface area contributed by atoms with E-state index in [0.29, 0.717) is 0 Å². The van der Waals surface area contributed by atoms with Crippen LogP contribution in [0, 0.1) is 11.3 Å². The first-order valence-corrected chi connectivity index (χ1v) is 8.11. The van der Waals surface area contributed by atoms with Gasteiger partial charge in [-0.05, 0) is 61.1 Å².